The fourth-order valence-electron chi connectivity index (χ4n) is 1.50. The van der Waals surface area contributed by atoms with E-state index in [2.05, 4.69) is 9.97 Å². The minimum absolute atomic E-state index is 0.263. The van der Waals surface area contributed by atoms with Gasteiger partial charge in [0.15, 0.2) is 0 Å². The monoisotopic (exact) mass is 251 g/mol. The Hall–Kier alpha value is -1.52. The van der Waals surface area contributed by atoms with E-state index < -0.39 is 0 Å². The molecule has 0 fully saturated rings. The van der Waals surface area contributed by atoms with E-state index in [4.69, 9.17) is 17.3 Å². The predicted molar refractivity (Wildman–Crippen MR) is 64.1 cm³/mol. The van der Waals surface area contributed by atoms with E-state index >= 15 is 0 Å². The Labute approximate surface area is 103 Å². The fourth-order valence-corrected chi connectivity index (χ4v) is 1.73. The number of nitrogens with two attached hydrogens (primary N) is 1. The second kappa shape index (κ2) is 5.21. The normalized spacial score (nSPS) is 10.5. The quantitative estimate of drug-likeness (QED) is 0.911. The molecule has 2 aromatic rings. The van der Waals surface area contributed by atoms with Crippen molar-refractivity contribution in [2.75, 3.05) is 0 Å². The van der Waals surface area contributed by atoms with Gasteiger partial charge >= 0.3 is 0 Å². The van der Waals surface area contributed by atoms with E-state index in [-0.39, 0.29) is 12.2 Å². The summed E-state index contributed by atoms with van der Waals surface area (Å²) in [7, 11) is 0. The first-order chi connectivity index (χ1) is 8.20. The van der Waals surface area contributed by atoms with Crippen LogP contribution in [0.15, 0.2) is 30.5 Å². The van der Waals surface area contributed by atoms with Gasteiger partial charge in [-0.1, -0.05) is 17.7 Å². The van der Waals surface area contributed by atoms with E-state index in [1.165, 1.54) is 6.07 Å². The van der Waals surface area contributed by atoms with Crippen molar-refractivity contribution in [1.29, 1.82) is 0 Å². The number of benzene rings is 1. The van der Waals surface area contributed by atoms with Crippen molar-refractivity contribution in [3.63, 3.8) is 0 Å². The lowest BCUT2D eigenvalue weighted by Crippen LogP contribution is -2.05. The van der Waals surface area contributed by atoms with Gasteiger partial charge in [0.1, 0.15) is 11.6 Å². The zero-order valence-electron chi connectivity index (χ0n) is 9.03. The maximum atomic E-state index is 13.6. The van der Waals surface area contributed by atoms with Gasteiger partial charge in [0.05, 0.1) is 5.69 Å². The Morgan fingerprint density at radius 1 is 1.29 bits per heavy atom. The number of hydrogen-bond donors (Lipinski definition) is 1. The van der Waals surface area contributed by atoms with Crippen LogP contribution < -0.4 is 5.73 Å². The Morgan fingerprint density at radius 2 is 2.12 bits per heavy atom. The molecule has 0 bridgehead atoms. The molecule has 17 heavy (non-hydrogen) atoms. The van der Waals surface area contributed by atoms with Crippen LogP contribution in [0, 0.1) is 5.82 Å². The smallest absolute Gasteiger partial charge is 0.133 e. The van der Waals surface area contributed by atoms with Crippen LogP contribution in [-0.4, -0.2) is 9.97 Å². The average molecular weight is 252 g/mol. The van der Waals surface area contributed by atoms with E-state index in [1.807, 2.05) is 0 Å². The number of rotatable bonds is 3. The average Bonchev–Trinajstić information content (AvgIpc) is 2.34. The third kappa shape index (κ3) is 2.78. The van der Waals surface area contributed by atoms with Gasteiger partial charge in [-0.15, -0.1) is 0 Å². The molecule has 5 heteroatoms. The number of aromatic nitrogens is 2. The van der Waals surface area contributed by atoms with Gasteiger partial charge in [-0.25, -0.2) is 14.4 Å². The summed E-state index contributed by atoms with van der Waals surface area (Å²) in [6, 6.07) is 6.31. The van der Waals surface area contributed by atoms with Crippen LogP contribution in [-0.2, 0) is 13.0 Å². The molecule has 0 amide bonds. The topological polar surface area (TPSA) is 51.8 Å². The van der Waals surface area contributed by atoms with Crippen molar-refractivity contribution >= 4 is 11.6 Å². The van der Waals surface area contributed by atoms with Gasteiger partial charge in [0.25, 0.3) is 0 Å². The second-order valence-corrected chi connectivity index (χ2v) is 3.95. The van der Waals surface area contributed by atoms with Gasteiger partial charge in [-0.05, 0) is 18.2 Å². The minimum Gasteiger partial charge on any atom is -0.325 e. The van der Waals surface area contributed by atoms with Crippen molar-refractivity contribution in [1.82, 2.24) is 9.97 Å². The van der Waals surface area contributed by atoms with Crippen LogP contribution >= 0.6 is 11.6 Å². The maximum Gasteiger partial charge on any atom is 0.133 e. The number of halogens is 2. The Balaban J connectivity index is 2.31. The summed E-state index contributed by atoms with van der Waals surface area (Å²) in [5.74, 6) is 0.166. The molecule has 0 unspecified atom stereocenters. The molecule has 1 aromatic heterocycles. The van der Waals surface area contributed by atoms with Crippen molar-refractivity contribution in [2.45, 2.75) is 13.0 Å². The highest BCUT2D eigenvalue weighted by atomic mass is 35.5. The maximum absolute atomic E-state index is 13.6. The molecule has 3 nitrogen and oxygen atoms in total. The Bertz CT molecular complexity index is 511. The molecule has 0 aliphatic rings. The predicted octanol–water partition coefficient (Wildman–Crippen LogP) is 2.32. The van der Waals surface area contributed by atoms with Gasteiger partial charge in [-0.2, -0.15) is 0 Å². The van der Waals surface area contributed by atoms with Crippen molar-refractivity contribution in [3.8, 4) is 0 Å². The van der Waals surface area contributed by atoms with Crippen LogP contribution in [0.4, 0.5) is 4.39 Å². The zero-order valence-corrected chi connectivity index (χ0v) is 9.78. The Kier molecular flexibility index (Phi) is 3.66. The van der Waals surface area contributed by atoms with Crippen LogP contribution in [0.1, 0.15) is 17.1 Å². The van der Waals surface area contributed by atoms with Crippen molar-refractivity contribution in [3.05, 3.63) is 58.4 Å². The molecule has 0 aliphatic carbocycles. The van der Waals surface area contributed by atoms with Crippen molar-refractivity contribution < 1.29 is 4.39 Å². The highest BCUT2D eigenvalue weighted by molar-refractivity contribution is 6.31. The molecule has 2 rings (SSSR count). The molecule has 88 valence electrons. The second-order valence-electron chi connectivity index (χ2n) is 3.55. The lowest BCUT2D eigenvalue weighted by molar-refractivity contribution is 0.612. The lowest BCUT2D eigenvalue weighted by Gasteiger charge is -2.05. The van der Waals surface area contributed by atoms with E-state index in [0.717, 1.165) is 5.69 Å². The van der Waals surface area contributed by atoms with E-state index in [9.17, 15) is 4.39 Å². The summed E-state index contributed by atoms with van der Waals surface area (Å²) in [5, 5.41) is 0.381. The van der Waals surface area contributed by atoms with Crippen LogP contribution in [0.25, 0.3) is 0 Å². The van der Waals surface area contributed by atoms with E-state index in [1.54, 1.807) is 24.4 Å². The van der Waals surface area contributed by atoms with Crippen molar-refractivity contribution in [2.24, 2.45) is 5.73 Å². The standard InChI is InChI=1S/C12H11ClFN3/c13-10-2-1-3-11(14)9(10)6-12-16-5-4-8(7-15)17-12/h1-5H,6-7,15H2. The molecule has 0 aliphatic heterocycles. The first-order valence-corrected chi connectivity index (χ1v) is 5.52. The molecule has 2 N–H and O–H groups in total. The molecule has 0 saturated heterocycles. The number of nitrogens with zero attached hydrogens (tertiary/aromatic N) is 2. The van der Waals surface area contributed by atoms with Crippen LogP contribution in [0.3, 0.4) is 0 Å². The summed E-state index contributed by atoms with van der Waals surface area (Å²) in [6.45, 7) is 0.334. The summed E-state index contributed by atoms with van der Waals surface area (Å²) in [5.41, 5.74) is 6.61. The third-order valence-corrected chi connectivity index (χ3v) is 2.72. The molecule has 0 radical (unpaired) electrons. The molecule has 0 saturated carbocycles. The largest absolute Gasteiger partial charge is 0.325 e. The molecular formula is C12H11ClFN3. The van der Waals surface area contributed by atoms with E-state index in [0.29, 0.717) is 23.0 Å². The van der Waals surface area contributed by atoms with Gasteiger partial charge < -0.3 is 5.73 Å². The molecule has 1 aromatic carbocycles. The van der Waals surface area contributed by atoms with Crippen LogP contribution in [0.2, 0.25) is 5.02 Å². The van der Waals surface area contributed by atoms with Crippen LogP contribution in [0.5, 0.6) is 0 Å². The summed E-state index contributed by atoms with van der Waals surface area (Å²) < 4.78 is 13.6. The molecule has 1 heterocycles. The van der Waals surface area contributed by atoms with Gasteiger partial charge in [-0.3, -0.25) is 0 Å². The lowest BCUT2D eigenvalue weighted by atomic mass is 10.1. The zero-order chi connectivity index (χ0) is 12.3. The summed E-state index contributed by atoms with van der Waals surface area (Å²) in [4.78, 5) is 8.28. The molecule has 0 spiro atoms. The Morgan fingerprint density at radius 3 is 2.82 bits per heavy atom. The molecule has 0 atom stereocenters. The highest BCUT2D eigenvalue weighted by Gasteiger charge is 2.09. The van der Waals surface area contributed by atoms with Gasteiger partial charge in [0.2, 0.25) is 0 Å². The third-order valence-electron chi connectivity index (χ3n) is 2.37. The first-order valence-electron chi connectivity index (χ1n) is 5.14. The minimum atomic E-state index is -0.348. The summed E-state index contributed by atoms with van der Waals surface area (Å²) >= 11 is 5.93. The van der Waals surface area contributed by atoms with Gasteiger partial charge in [0, 0.05) is 29.7 Å². The summed E-state index contributed by atoms with van der Waals surface area (Å²) in [6.07, 6.45) is 1.87. The first kappa shape index (κ1) is 12.0. The highest BCUT2D eigenvalue weighted by Crippen LogP contribution is 2.20. The fraction of sp³-hybridized carbons (Fsp3) is 0.167. The molecular weight excluding hydrogens is 241 g/mol. The number of hydrogen-bond acceptors (Lipinski definition) is 3. The SMILES string of the molecule is NCc1ccnc(Cc2c(F)cccc2Cl)n1.